The summed E-state index contributed by atoms with van der Waals surface area (Å²) in [4.78, 5) is 25.8. The van der Waals surface area contributed by atoms with Gasteiger partial charge in [-0.25, -0.2) is 29.0 Å². The van der Waals surface area contributed by atoms with Gasteiger partial charge in [0.05, 0.1) is 13.2 Å². The van der Waals surface area contributed by atoms with E-state index in [9.17, 15) is 13.6 Å². The number of hydrogen-bond donors (Lipinski definition) is 3. The van der Waals surface area contributed by atoms with E-state index in [1.807, 2.05) is 17.3 Å². The number of benzene rings is 1. The highest BCUT2D eigenvalue weighted by Gasteiger charge is 2.48. The Balaban J connectivity index is 1.13. The van der Waals surface area contributed by atoms with Gasteiger partial charge in [0.1, 0.15) is 11.6 Å². The molecule has 198 valence electrons. The van der Waals surface area contributed by atoms with Crippen LogP contribution in [0.5, 0.6) is 6.01 Å². The number of nitrogens with zero attached hydrogens (tertiary/aromatic N) is 4. The zero-order chi connectivity index (χ0) is 25.5. The van der Waals surface area contributed by atoms with Crippen molar-refractivity contribution in [3.05, 3.63) is 53.4 Å². The Labute approximate surface area is 214 Å². The number of aromatic nitrogens is 2. The van der Waals surface area contributed by atoms with Crippen molar-refractivity contribution >= 4 is 6.03 Å². The lowest BCUT2D eigenvalue weighted by atomic mass is 9.71. The number of amides is 2. The first-order chi connectivity index (χ1) is 18.0. The molecule has 3 aliphatic heterocycles. The molecule has 1 aromatic carbocycles. The van der Waals surface area contributed by atoms with Crippen molar-refractivity contribution in [2.75, 3.05) is 26.7 Å². The van der Waals surface area contributed by atoms with Crippen LogP contribution < -0.4 is 20.9 Å². The molecule has 2 aromatic rings. The molecule has 5 unspecified atom stereocenters. The fraction of sp³-hybridized carbons (Fsp3) is 0.577. The second kappa shape index (κ2) is 10.1. The average molecular weight is 514 g/mol. The molecule has 2 amide bonds. The summed E-state index contributed by atoms with van der Waals surface area (Å²) in [5, 5.41) is 3.27. The Morgan fingerprint density at radius 3 is 2.62 bits per heavy atom. The minimum atomic E-state index is -0.520. The summed E-state index contributed by atoms with van der Waals surface area (Å²) in [6, 6.07) is 4.78. The molecule has 0 radical (unpaired) electrons. The van der Waals surface area contributed by atoms with Gasteiger partial charge >= 0.3 is 12.0 Å². The van der Waals surface area contributed by atoms with Crippen molar-refractivity contribution < 1.29 is 18.3 Å². The second-order valence-electron chi connectivity index (χ2n) is 10.7. The molecule has 4 aliphatic rings. The highest BCUT2D eigenvalue weighted by molar-refractivity contribution is 5.76. The first-order valence-electron chi connectivity index (χ1n) is 13.1. The number of piperidine rings is 1. The fourth-order valence-electron chi connectivity index (χ4n) is 6.69. The molecule has 4 heterocycles. The minimum Gasteiger partial charge on any atom is -0.467 e. The number of carbonyl (C=O) groups is 1. The van der Waals surface area contributed by atoms with Crippen molar-refractivity contribution in [3.63, 3.8) is 0 Å². The molecule has 0 bridgehead atoms. The fourth-order valence-corrected chi connectivity index (χ4v) is 6.69. The SMILES string of the molecule is COc1ncc(C2NNC3CC4NC(=O)N([C@@H]5CCCN(Cc6c(F)cccc6F)C5)CC4CC32)cn1. The third kappa shape index (κ3) is 4.75. The zero-order valence-electron chi connectivity index (χ0n) is 20.9. The van der Waals surface area contributed by atoms with Crippen molar-refractivity contribution in [2.45, 2.75) is 56.4 Å². The Kier molecular flexibility index (Phi) is 6.68. The normalized spacial score (nSPS) is 32.0. The van der Waals surface area contributed by atoms with Crippen LogP contribution in [0.4, 0.5) is 13.6 Å². The molecule has 3 N–H and O–H groups in total. The van der Waals surface area contributed by atoms with E-state index in [1.54, 1.807) is 7.11 Å². The summed E-state index contributed by atoms with van der Waals surface area (Å²) in [7, 11) is 1.55. The lowest BCUT2D eigenvalue weighted by Gasteiger charge is -2.49. The van der Waals surface area contributed by atoms with E-state index < -0.39 is 11.6 Å². The van der Waals surface area contributed by atoms with Crippen LogP contribution in [-0.4, -0.2) is 70.7 Å². The highest BCUT2D eigenvalue weighted by atomic mass is 19.1. The molecular weight excluding hydrogens is 480 g/mol. The van der Waals surface area contributed by atoms with Gasteiger partial charge in [-0.1, -0.05) is 6.07 Å². The van der Waals surface area contributed by atoms with Crippen molar-refractivity contribution in [3.8, 4) is 6.01 Å². The van der Waals surface area contributed by atoms with Crippen LogP contribution >= 0.6 is 0 Å². The van der Waals surface area contributed by atoms with E-state index in [1.165, 1.54) is 18.2 Å². The maximum Gasteiger partial charge on any atom is 0.317 e. The number of rotatable bonds is 5. The number of hydrogen-bond acceptors (Lipinski definition) is 7. The molecule has 1 aliphatic carbocycles. The van der Waals surface area contributed by atoms with E-state index in [0.29, 0.717) is 30.9 Å². The molecule has 11 heteroatoms. The third-order valence-corrected chi connectivity index (χ3v) is 8.58. The van der Waals surface area contributed by atoms with Crippen molar-refractivity contribution in [2.24, 2.45) is 11.8 Å². The van der Waals surface area contributed by atoms with Crippen LogP contribution in [-0.2, 0) is 6.54 Å². The Hall–Kier alpha value is -2.89. The van der Waals surface area contributed by atoms with E-state index in [4.69, 9.17) is 4.74 Å². The number of nitrogens with one attached hydrogen (secondary N) is 3. The lowest BCUT2D eigenvalue weighted by molar-refractivity contribution is 0.0518. The summed E-state index contributed by atoms with van der Waals surface area (Å²) in [6.07, 6.45) is 7.21. The van der Waals surface area contributed by atoms with E-state index >= 15 is 0 Å². The van der Waals surface area contributed by atoms with Gasteiger partial charge in [-0.3, -0.25) is 10.3 Å². The first-order valence-corrected chi connectivity index (χ1v) is 13.1. The van der Waals surface area contributed by atoms with Crippen LogP contribution in [0, 0.1) is 23.5 Å². The van der Waals surface area contributed by atoms with Crippen LogP contribution in [0.2, 0.25) is 0 Å². The topological polar surface area (TPSA) is 94.6 Å². The standard InChI is InChI=1S/C26H33F2N7O2/c1-37-25-29-10-16(11-30-25)24-18-8-15-12-35(26(36)31-22(15)9-23(18)32-33-24)17-4-3-7-34(13-17)14-19-20(27)5-2-6-21(19)28/h2,5-6,10-11,15,17-18,22-24,32-33H,3-4,7-9,12-14H2,1H3,(H,31,36)/t15?,17-,18?,22?,23?,24?/m1/s1. The predicted octanol–water partition coefficient (Wildman–Crippen LogP) is 2.37. The molecule has 1 saturated carbocycles. The highest BCUT2D eigenvalue weighted by Crippen LogP contribution is 2.42. The number of halogens is 2. The molecule has 37 heavy (non-hydrogen) atoms. The smallest absolute Gasteiger partial charge is 0.317 e. The summed E-state index contributed by atoms with van der Waals surface area (Å²) in [5.74, 6) is -0.371. The van der Waals surface area contributed by atoms with Gasteiger partial charge in [-0.2, -0.15) is 0 Å². The zero-order valence-corrected chi connectivity index (χ0v) is 20.9. The number of urea groups is 1. The quantitative estimate of drug-likeness (QED) is 0.565. The van der Waals surface area contributed by atoms with Gasteiger partial charge in [-0.05, 0) is 56.2 Å². The van der Waals surface area contributed by atoms with E-state index in [-0.39, 0.29) is 42.3 Å². The predicted molar refractivity (Wildman–Crippen MR) is 131 cm³/mol. The van der Waals surface area contributed by atoms with Crippen LogP contribution in [0.25, 0.3) is 0 Å². The van der Waals surface area contributed by atoms with Crippen molar-refractivity contribution in [1.29, 1.82) is 0 Å². The monoisotopic (exact) mass is 513 g/mol. The number of likely N-dealkylation sites (tertiary alicyclic amines) is 1. The number of methoxy groups -OCH3 is 1. The lowest BCUT2D eigenvalue weighted by Crippen LogP contribution is -2.64. The Morgan fingerprint density at radius 1 is 1.08 bits per heavy atom. The van der Waals surface area contributed by atoms with Gasteiger partial charge in [0.25, 0.3) is 0 Å². The van der Waals surface area contributed by atoms with Gasteiger partial charge in [0.2, 0.25) is 0 Å². The number of ether oxygens (including phenoxy) is 1. The van der Waals surface area contributed by atoms with E-state index in [0.717, 1.165) is 37.8 Å². The molecule has 0 spiro atoms. The Morgan fingerprint density at radius 2 is 1.86 bits per heavy atom. The maximum absolute atomic E-state index is 14.2. The molecule has 3 saturated heterocycles. The largest absolute Gasteiger partial charge is 0.467 e. The number of carbonyl (C=O) groups excluding carboxylic acids is 1. The van der Waals surface area contributed by atoms with Crippen molar-refractivity contribution in [1.82, 2.24) is 35.9 Å². The second-order valence-corrected chi connectivity index (χ2v) is 10.7. The van der Waals surface area contributed by atoms with E-state index in [2.05, 4.69) is 31.0 Å². The van der Waals surface area contributed by atoms with Gasteiger partial charge in [0.15, 0.2) is 0 Å². The molecule has 9 nitrogen and oxygen atoms in total. The number of hydrazine groups is 1. The third-order valence-electron chi connectivity index (χ3n) is 8.58. The Bertz CT molecular complexity index is 1120. The van der Waals surface area contributed by atoms with Gasteiger partial charge in [-0.15, -0.1) is 0 Å². The van der Waals surface area contributed by atoms with Crippen LogP contribution in [0.1, 0.15) is 42.9 Å². The first kappa shape index (κ1) is 24.4. The van der Waals surface area contributed by atoms with Crippen LogP contribution in [0.15, 0.2) is 30.6 Å². The summed E-state index contributed by atoms with van der Waals surface area (Å²) >= 11 is 0. The van der Waals surface area contributed by atoms with Crippen LogP contribution in [0.3, 0.4) is 0 Å². The summed E-state index contributed by atoms with van der Waals surface area (Å²) < 4.78 is 33.6. The minimum absolute atomic E-state index is 0.0212. The average Bonchev–Trinajstić information content (AvgIpc) is 3.32. The molecule has 4 fully saturated rings. The molecule has 1 aromatic heterocycles. The molecular formula is C26H33F2N7O2. The van der Waals surface area contributed by atoms with Gasteiger partial charge in [0, 0.05) is 61.3 Å². The number of fused-ring (bicyclic) bond motifs is 2. The molecule has 6 atom stereocenters. The summed E-state index contributed by atoms with van der Waals surface area (Å²) in [6.45, 7) is 2.28. The molecule has 6 rings (SSSR count). The maximum atomic E-state index is 14.2. The summed E-state index contributed by atoms with van der Waals surface area (Å²) in [5.41, 5.74) is 7.96. The van der Waals surface area contributed by atoms with Gasteiger partial charge < -0.3 is 15.0 Å².